The van der Waals surface area contributed by atoms with Gasteiger partial charge >= 0.3 is 0 Å². The lowest BCUT2D eigenvalue weighted by molar-refractivity contribution is -0.127. The molecule has 0 saturated carbocycles. The molecular weight excluding hydrogens is 394 g/mol. The van der Waals surface area contributed by atoms with Crippen molar-refractivity contribution in [2.75, 3.05) is 31.6 Å². The smallest absolute Gasteiger partial charge is 0.268 e. The molecule has 1 aliphatic rings. The highest BCUT2D eigenvalue weighted by molar-refractivity contribution is 7.89. The number of amides is 1. The summed E-state index contributed by atoms with van der Waals surface area (Å²) in [4.78, 5) is 18.3. The van der Waals surface area contributed by atoms with Crippen LogP contribution in [-0.2, 0) is 24.4 Å². The molecule has 1 aromatic rings. The fourth-order valence-corrected chi connectivity index (χ4v) is 4.55. The number of nitrogens with one attached hydrogen (secondary N) is 1. The molecule has 1 atom stereocenters. The monoisotopic (exact) mass is 425 g/mol. The van der Waals surface area contributed by atoms with Gasteiger partial charge in [-0.05, 0) is 51.3 Å². The predicted molar refractivity (Wildman–Crippen MR) is 113 cm³/mol. The van der Waals surface area contributed by atoms with Gasteiger partial charge in [-0.3, -0.25) is 4.79 Å². The number of hydrogen-bond donors (Lipinski definition) is 1. The molecule has 0 aromatic heterocycles. The Morgan fingerprint density at radius 2 is 2.00 bits per heavy atom. The minimum atomic E-state index is -3.66. The van der Waals surface area contributed by atoms with E-state index in [-0.39, 0.29) is 10.8 Å². The summed E-state index contributed by atoms with van der Waals surface area (Å²) < 4.78 is 32.7. The predicted octanol–water partition coefficient (Wildman–Crippen LogP) is 2.93. The number of morpholine rings is 1. The number of benzene rings is 1. The molecule has 2 rings (SSSR count). The average Bonchev–Trinajstić information content (AvgIpc) is 2.69. The molecule has 8 nitrogen and oxygen atoms in total. The summed E-state index contributed by atoms with van der Waals surface area (Å²) in [5.74, 6) is -0.345. The van der Waals surface area contributed by atoms with Crippen LogP contribution in [0.2, 0.25) is 0 Å². The molecule has 1 N–H and O–H groups in total. The van der Waals surface area contributed by atoms with Crippen LogP contribution in [0.5, 0.6) is 0 Å². The maximum absolute atomic E-state index is 13.0. The first-order chi connectivity index (χ1) is 13.8. The number of oxime groups is 1. The average molecular weight is 426 g/mol. The zero-order chi connectivity index (χ0) is 21.4. The third kappa shape index (κ3) is 6.52. The molecule has 1 aliphatic heterocycles. The van der Waals surface area contributed by atoms with Crippen molar-refractivity contribution in [3.63, 3.8) is 0 Å². The van der Waals surface area contributed by atoms with E-state index in [4.69, 9.17) is 9.57 Å². The summed E-state index contributed by atoms with van der Waals surface area (Å²) in [6.45, 7) is 8.75. The molecule has 0 bridgehead atoms. The first-order valence-corrected chi connectivity index (χ1v) is 11.4. The van der Waals surface area contributed by atoms with Crippen molar-refractivity contribution in [1.82, 2.24) is 4.31 Å². The van der Waals surface area contributed by atoms with E-state index in [0.717, 1.165) is 12.8 Å². The van der Waals surface area contributed by atoms with Gasteiger partial charge in [-0.2, -0.15) is 4.31 Å². The fraction of sp³-hybridized carbons (Fsp3) is 0.600. The van der Waals surface area contributed by atoms with Crippen molar-refractivity contribution >= 4 is 27.3 Å². The molecule has 162 valence electrons. The number of anilines is 1. The second kappa shape index (κ2) is 10.7. The van der Waals surface area contributed by atoms with Gasteiger partial charge < -0.3 is 14.9 Å². The van der Waals surface area contributed by atoms with Gasteiger partial charge in [0, 0.05) is 18.8 Å². The van der Waals surface area contributed by atoms with Crippen LogP contribution in [0.1, 0.15) is 45.6 Å². The van der Waals surface area contributed by atoms with E-state index in [9.17, 15) is 13.2 Å². The van der Waals surface area contributed by atoms with Crippen LogP contribution >= 0.6 is 0 Å². The Morgan fingerprint density at radius 1 is 1.31 bits per heavy atom. The Hall–Kier alpha value is -1.97. The summed E-state index contributed by atoms with van der Waals surface area (Å²) in [6.07, 6.45) is 1.55. The topological polar surface area (TPSA) is 97.3 Å². The van der Waals surface area contributed by atoms with E-state index < -0.39 is 16.1 Å². The quantitative estimate of drug-likeness (QED) is 0.485. The summed E-state index contributed by atoms with van der Waals surface area (Å²) in [7, 11) is -3.66. The van der Waals surface area contributed by atoms with Crippen molar-refractivity contribution in [3.8, 4) is 0 Å². The lowest BCUT2D eigenvalue weighted by atomic mass is 10.1. The van der Waals surface area contributed by atoms with Crippen molar-refractivity contribution < 1.29 is 22.8 Å². The van der Waals surface area contributed by atoms with Gasteiger partial charge in [0.2, 0.25) is 16.1 Å². The van der Waals surface area contributed by atoms with Crippen LogP contribution in [0.4, 0.5) is 5.69 Å². The minimum Gasteiger partial charge on any atom is -0.382 e. The number of hydrogen-bond acceptors (Lipinski definition) is 6. The highest BCUT2D eigenvalue weighted by atomic mass is 32.2. The number of nitrogens with zero attached hydrogens (tertiary/aromatic N) is 2. The fourth-order valence-electron chi connectivity index (χ4n) is 2.89. The van der Waals surface area contributed by atoms with Gasteiger partial charge in [0.15, 0.2) is 0 Å². The standard InChI is InChI=1S/C20H31N3O5S/c1-5-6-7-18(28-22-15(2)3)20(24)21-17-9-8-16(4)19(14-17)29(25,26)23-10-12-27-13-11-23/h8-9,14,18H,5-7,10-13H2,1-4H3,(H,21,24)/t18-/m0/s1. The van der Waals surface area contributed by atoms with E-state index in [1.165, 1.54) is 10.4 Å². The number of carbonyl (C=O) groups is 1. The van der Waals surface area contributed by atoms with Crippen molar-refractivity contribution in [2.24, 2.45) is 5.16 Å². The molecule has 0 spiro atoms. The molecule has 0 unspecified atom stereocenters. The number of aryl methyl sites for hydroxylation is 1. The Morgan fingerprint density at radius 3 is 2.62 bits per heavy atom. The zero-order valence-electron chi connectivity index (χ0n) is 17.6. The Bertz CT molecular complexity index is 829. The maximum Gasteiger partial charge on any atom is 0.268 e. The molecule has 1 heterocycles. The summed E-state index contributed by atoms with van der Waals surface area (Å²) in [6, 6.07) is 4.89. The van der Waals surface area contributed by atoms with Crippen molar-refractivity contribution in [2.45, 2.75) is 58.0 Å². The van der Waals surface area contributed by atoms with Gasteiger partial charge in [-0.15, -0.1) is 0 Å². The minimum absolute atomic E-state index is 0.186. The third-order valence-corrected chi connectivity index (χ3v) is 6.56. The Labute approximate surface area is 173 Å². The zero-order valence-corrected chi connectivity index (χ0v) is 18.4. The van der Waals surface area contributed by atoms with Crippen LogP contribution in [-0.4, -0.2) is 56.7 Å². The van der Waals surface area contributed by atoms with E-state index in [2.05, 4.69) is 10.5 Å². The van der Waals surface area contributed by atoms with Crippen molar-refractivity contribution in [3.05, 3.63) is 23.8 Å². The van der Waals surface area contributed by atoms with Crippen molar-refractivity contribution in [1.29, 1.82) is 0 Å². The third-order valence-electron chi connectivity index (χ3n) is 4.52. The number of rotatable bonds is 9. The van der Waals surface area contributed by atoms with Gasteiger partial charge in [0.1, 0.15) is 0 Å². The van der Waals surface area contributed by atoms with Crippen LogP contribution < -0.4 is 5.32 Å². The van der Waals surface area contributed by atoms with E-state index in [1.54, 1.807) is 32.9 Å². The van der Waals surface area contributed by atoms with Gasteiger partial charge in [-0.1, -0.05) is 24.6 Å². The van der Waals surface area contributed by atoms with Crippen LogP contribution in [0.25, 0.3) is 0 Å². The second-order valence-electron chi connectivity index (χ2n) is 7.26. The number of unbranched alkanes of at least 4 members (excludes halogenated alkanes) is 1. The summed E-state index contributed by atoms with van der Waals surface area (Å²) in [5.41, 5.74) is 1.75. The molecule has 1 fully saturated rings. The number of sulfonamides is 1. The van der Waals surface area contributed by atoms with Gasteiger partial charge in [0.25, 0.3) is 5.91 Å². The van der Waals surface area contributed by atoms with Crippen LogP contribution in [0, 0.1) is 6.92 Å². The van der Waals surface area contributed by atoms with E-state index in [1.807, 2.05) is 6.92 Å². The molecule has 29 heavy (non-hydrogen) atoms. The molecule has 9 heteroatoms. The van der Waals surface area contributed by atoms with E-state index >= 15 is 0 Å². The molecule has 1 amide bonds. The molecular formula is C20H31N3O5S. The second-order valence-corrected chi connectivity index (χ2v) is 9.17. The Kier molecular flexibility index (Phi) is 8.60. The highest BCUT2D eigenvalue weighted by Crippen LogP contribution is 2.25. The van der Waals surface area contributed by atoms with Crippen LogP contribution in [0.3, 0.4) is 0 Å². The molecule has 1 saturated heterocycles. The lowest BCUT2D eigenvalue weighted by Crippen LogP contribution is -2.40. The number of carbonyl (C=O) groups excluding carboxylic acids is 1. The lowest BCUT2D eigenvalue weighted by Gasteiger charge is -2.27. The Balaban J connectivity index is 2.21. The summed E-state index contributed by atoms with van der Waals surface area (Å²) >= 11 is 0. The first kappa shape index (κ1) is 23.3. The molecule has 1 aromatic carbocycles. The number of ether oxygens (including phenoxy) is 1. The summed E-state index contributed by atoms with van der Waals surface area (Å²) in [5, 5.41) is 6.69. The van der Waals surface area contributed by atoms with Gasteiger partial charge in [-0.25, -0.2) is 8.42 Å². The normalized spacial score (nSPS) is 16.1. The van der Waals surface area contributed by atoms with Crippen LogP contribution in [0.15, 0.2) is 28.3 Å². The SMILES string of the molecule is CCCC[C@H](ON=C(C)C)C(=O)Nc1ccc(C)c(S(=O)(=O)N2CCOCC2)c1. The van der Waals surface area contributed by atoms with Gasteiger partial charge in [0.05, 0.1) is 23.8 Å². The maximum atomic E-state index is 13.0. The molecule has 0 radical (unpaired) electrons. The highest BCUT2D eigenvalue weighted by Gasteiger charge is 2.28. The first-order valence-electron chi connectivity index (χ1n) is 9.92. The van der Waals surface area contributed by atoms with E-state index in [0.29, 0.717) is 49.7 Å². The molecule has 0 aliphatic carbocycles. The largest absolute Gasteiger partial charge is 0.382 e.